The van der Waals surface area contributed by atoms with Crippen LogP contribution in [0, 0.1) is 0 Å². The maximum absolute atomic E-state index is 12.6. The lowest BCUT2D eigenvalue weighted by Gasteiger charge is -2.13. The van der Waals surface area contributed by atoms with E-state index in [9.17, 15) is 4.79 Å². The van der Waals surface area contributed by atoms with Crippen molar-refractivity contribution in [2.45, 2.75) is 25.9 Å². The van der Waals surface area contributed by atoms with Crippen molar-refractivity contribution in [1.82, 2.24) is 0 Å². The molecular formula is C20H22N2O4. The van der Waals surface area contributed by atoms with Gasteiger partial charge in [-0.2, -0.15) is 0 Å². The zero-order valence-electron chi connectivity index (χ0n) is 15.1. The van der Waals surface area contributed by atoms with Crippen LogP contribution in [0.1, 0.15) is 24.5 Å². The monoisotopic (exact) mass is 354 g/mol. The number of amides is 1. The Balaban J connectivity index is 1.73. The van der Waals surface area contributed by atoms with Crippen LogP contribution in [0.3, 0.4) is 0 Å². The van der Waals surface area contributed by atoms with Gasteiger partial charge in [-0.15, -0.1) is 0 Å². The number of anilines is 1. The molecule has 1 atom stereocenters. The fourth-order valence-corrected chi connectivity index (χ4v) is 2.96. The van der Waals surface area contributed by atoms with Crippen molar-refractivity contribution in [3.05, 3.63) is 53.6 Å². The molecule has 6 heteroatoms. The van der Waals surface area contributed by atoms with Gasteiger partial charge in [0.2, 0.25) is 6.10 Å². The molecule has 0 bridgehead atoms. The molecule has 0 saturated carbocycles. The molecule has 0 aliphatic carbocycles. The van der Waals surface area contributed by atoms with Gasteiger partial charge in [-0.05, 0) is 30.2 Å². The Morgan fingerprint density at radius 2 is 2.00 bits per heavy atom. The summed E-state index contributed by atoms with van der Waals surface area (Å²) in [4.78, 5) is 18.0. The second-order valence-corrected chi connectivity index (χ2v) is 5.88. The normalized spacial score (nSPS) is 15.8. The number of methoxy groups -OCH3 is 2. The van der Waals surface area contributed by atoms with E-state index in [1.807, 2.05) is 49.4 Å². The molecule has 3 rings (SSSR count). The molecule has 0 fully saturated rings. The number of benzene rings is 2. The third-order valence-corrected chi connectivity index (χ3v) is 4.33. The molecule has 136 valence electrons. The standard InChI is InChI=1S/C20H22N2O4/c1-4-13-8-5-6-10-15(13)21-20(23)18-12-16(22-26-18)14-9-7-11-17(24-2)19(14)25-3/h5-11,18H,4,12H2,1-3H3,(H,21,23)/t18-/m0/s1. The number of ether oxygens (including phenoxy) is 2. The van der Waals surface area contributed by atoms with Crippen molar-refractivity contribution in [2.75, 3.05) is 19.5 Å². The maximum Gasteiger partial charge on any atom is 0.268 e. The van der Waals surface area contributed by atoms with Crippen LogP contribution in [0.5, 0.6) is 11.5 Å². The fourth-order valence-electron chi connectivity index (χ4n) is 2.96. The van der Waals surface area contributed by atoms with Crippen LogP contribution in [-0.2, 0) is 16.1 Å². The average Bonchev–Trinajstić information content (AvgIpc) is 3.17. The topological polar surface area (TPSA) is 69.2 Å². The van der Waals surface area contributed by atoms with Crippen LogP contribution in [0.2, 0.25) is 0 Å². The summed E-state index contributed by atoms with van der Waals surface area (Å²) in [7, 11) is 3.15. The van der Waals surface area contributed by atoms with Gasteiger partial charge < -0.3 is 19.6 Å². The number of rotatable bonds is 6. The molecule has 0 radical (unpaired) electrons. The highest BCUT2D eigenvalue weighted by Gasteiger charge is 2.31. The smallest absolute Gasteiger partial charge is 0.268 e. The summed E-state index contributed by atoms with van der Waals surface area (Å²) in [5.41, 5.74) is 3.30. The highest BCUT2D eigenvalue weighted by atomic mass is 16.6. The van der Waals surface area contributed by atoms with Gasteiger partial charge in [0.1, 0.15) is 0 Å². The summed E-state index contributed by atoms with van der Waals surface area (Å²) >= 11 is 0. The lowest BCUT2D eigenvalue weighted by molar-refractivity contribution is -0.125. The van der Waals surface area contributed by atoms with Crippen molar-refractivity contribution in [3.8, 4) is 11.5 Å². The zero-order chi connectivity index (χ0) is 18.5. The lowest BCUT2D eigenvalue weighted by atomic mass is 10.0. The van der Waals surface area contributed by atoms with E-state index in [1.54, 1.807) is 14.2 Å². The summed E-state index contributed by atoms with van der Waals surface area (Å²) in [6, 6.07) is 13.3. The highest BCUT2D eigenvalue weighted by Crippen LogP contribution is 2.33. The van der Waals surface area contributed by atoms with E-state index in [0.717, 1.165) is 23.2 Å². The van der Waals surface area contributed by atoms with E-state index < -0.39 is 6.10 Å². The Hall–Kier alpha value is -3.02. The number of hydrogen-bond donors (Lipinski definition) is 1. The molecule has 2 aromatic rings. The molecule has 6 nitrogen and oxygen atoms in total. The molecule has 1 N–H and O–H groups in total. The first-order valence-corrected chi connectivity index (χ1v) is 8.50. The van der Waals surface area contributed by atoms with E-state index in [2.05, 4.69) is 10.5 Å². The number of aryl methyl sites for hydroxylation is 1. The number of nitrogens with one attached hydrogen (secondary N) is 1. The van der Waals surface area contributed by atoms with Crippen molar-refractivity contribution >= 4 is 17.3 Å². The summed E-state index contributed by atoms with van der Waals surface area (Å²) in [5, 5.41) is 7.03. The van der Waals surface area contributed by atoms with E-state index in [4.69, 9.17) is 14.3 Å². The molecule has 1 amide bonds. The number of para-hydroxylation sites is 2. The first-order chi connectivity index (χ1) is 12.7. The first-order valence-electron chi connectivity index (χ1n) is 8.50. The minimum Gasteiger partial charge on any atom is -0.493 e. The predicted molar refractivity (Wildman–Crippen MR) is 100 cm³/mol. The second-order valence-electron chi connectivity index (χ2n) is 5.88. The molecule has 1 aliphatic rings. The van der Waals surface area contributed by atoms with Gasteiger partial charge in [0.15, 0.2) is 11.5 Å². The van der Waals surface area contributed by atoms with Crippen LogP contribution >= 0.6 is 0 Å². The molecule has 0 aromatic heterocycles. The first kappa shape index (κ1) is 17.8. The third-order valence-electron chi connectivity index (χ3n) is 4.33. The van der Waals surface area contributed by atoms with Gasteiger partial charge in [-0.25, -0.2) is 0 Å². The lowest BCUT2D eigenvalue weighted by Crippen LogP contribution is -2.28. The number of nitrogens with zero attached hydrogens (tertiary/aromatic N) is 1. The Morgan fingerprint density at radius 1 is 1.19 bits per heavy atom. The minimum atomic E-state index is -0.675. The number of hydrogen-bond acceptors (Lipinski definition) is 5. The Kier molecular flexibility index (Phi) is 5.41. The molecule has 0 unspecified atom stereocenters. The predicted octanol–water partition coefficient (Wildman–Crippen LogP) is 3.40. The zero-order valence-corrected chi connectivity index (χ0v) is 15.1. The van der Waals surface area contributed by atoms with Crippen molar-refractivity contribution < 1.29 is 19.1 Å². The molecule has 2 aromatic carbocycles. The van der Waals surface area contributed by atoms with Crippen LogP contribution < -0.4 is 14.8 Å². The molecule has 0 spiro atoms. The van der Waals surface area contributed by atoms with E-state index >= 15 is 0 Å². The molecule has 0 saturated heterocycles. The molecule has 1 aliphatic heterocycles. The van der Waals surface area contributed by atoms with Gasteiger partial charge >= 0.3 is 0 Å². The quantitative estimate of drug-likeness (QED) is 0.863. The summed E-state index contributed by atoms with van der Waals surface area (Å²) in [5.74, 6) is 0.971. The summed E-state index contributed by atoms with van der Waals surface area (Å²) < 4.78 is 10.8. The Labute approximate surface area is 152 Å². The summed E-state index contributed by atoms with van der Waals surface area (Å²) in [6.07, 6.45) is 0.528. The SMILES string of the molecule is CCc1ccccc1NC(=O)[C@@H]1CC(c2cccc(OC)c2OC)=NO1. The van der Waals surface area contributed by atoms with Crippen molar-refractivity contribution in [2.24, 2.45) is 5.16 Å². The largest absolute Gasteiger partial charge is 0.493 e. The van der Waals surface area contributed by atoms with Gasteiger partial charge in [-0.1, -0.05) is 36.3 Å². The number of carbonyl (C=O) groups is 1. The van der Waals surface area contributed by atoms with Gasteiger partial charge in [-0.3, -0.25) is 4.79 Å². The van der Waals surface area contributed by atoms with Crippen LogP contribution in [0.4, 0.5) is 5.69 Å². The average molecular weight is 354 g/mol. The fraction of sp³-hybridized carbons (Fsp3) is 0.300. The summed E-state index contributed by atoms with van der Waals surface area (Å²) in [6.45, 7) is 2.05. The minimum absolute atomic E-state index is 0.216. The Bertz CT molecular complexity index is 832. The van der Waals surface area contributed by atoms with Crippen LogP contribution in [-0.4, -0.2) is 31.9 Å². The molecular weight excluding hydrogens is 332 g/mol. The molecule has 1 heterocycles. The van der Waals surface area contributed by atoms with Crippen molar-refractivity contribution in [1.29, 1.82) is 0 Å². The highest BCUT2D eigenvalue weighted by molar-refractivity contribution is 6.08. The van der Waals surface area contributed by atoms with Gasteiger partial charge in [0.25, 0.3) is 5.91 Å². The van der Waals surface area contributed by atoms with Crippen molar-refractivity contribution in [3.63, 3.8) is 0 Å². The van der Waals surface area contributed by atoms with Gasteiger partial charge in [0.05, 0.1) is 19.9 Å². The third kappa shape index (κ3) is 3.49. The van der Waals surface area contributed by atoms with E-state index in [-0.39, 0.29) is 5.91 Å². The van der Waals surface area contributed by atoms with Gasteiger partial charge in [0, 0.05) is 17.7 Å². The van der Waals surface area contributed by atoms with E-state index in [1.165, 1.54) is 0 Å². The second kappa shape index (κ2) is 7.91. The maximum atomic E-state index is 12.6. The van der Waals surface area contributed by atoms with Crippen LogP contribution in [0.15, 0.2) is 47.6 Å². The number of oxime groups is 1. The Morgan fingerprint density at radius 3 is 2.73 bits per heavy atom. The van der Waals surface area contributed by atoms with Crippen LogP contribution in [0.25, 0.3) is 0 Å². The van der Waals surface area contributed by atoms with E-state index in [0.29, 0.717) is 23.6 Å². The number of carbonyl (C=O) groups excluding carboxylic acids is 1. The molecule has 26 heavy (non-hydrogen) atoms.